The normalized spacial score (nSPS) is 10.8. The van der Waals surface area contributed by atoms with Crippen molar-refractivity contribution in [1.29, 1.82) is 0 Å². The number of thioether (sulfide) groups is 1. The maximum Gasteiger partial charge on any atom is 0.187 e. The summed E-state index contributed by atoms with van der Waals surface area (Å²) in [4.78, 5) is 8.30. The van der Waals surface area contributed by atoms with E-state index in [1.165, 1.54) is 0 Å². The molecule has 0 aliphatic rings. The van der Waals surface area contributed by atoms with Crippen LogP contribution in [0.15, 0.2) is 52.4 Å². The summed E-state index contributed by atoms with van der Waals surface area (Å²) in [7, 11) is 0. The molecule has 0 aliphatic carbocycles. The molecule has 4 nitrogen and oxygen atoms in total. The van der Waals surface area contributed by atoms with E-state index in [4.69, 9.17) is 4.52 Å². The van der Waals surface area contributed by atoms with Gasteiger partial charge in [-0.1, -0.05) is 29.1 Å². The van der Waals surface area contributed by atoms with E-state index in [2.05, 4.69) is 15.1 Å². The maximum absolute atomic E-state index is 5.23. The molecule has 0 spiro atoms. The third kappa shape index (κ3) is 2.14. The average Bonchev–Trinajstić information content (AvgIpc) is 2.81. The largest absolute Gasteiger partial charge is 0.356 e. The second-order valence-electron chi connectivity index (χ2n) is 3.45. The van der Waals surface area contributed by atoms with Crippen LogP contribution in [0.1, 0.15) is 5.69 Å². The Morgan fingerprint density at radius 3 is 2.76 bits per heavy atom. The highest BCUT2D eigenvalue weighted by atomic mass is 32.2. The summed E-state index contributed by atoms with van der Waals surface area (Å²) >= 11 is 1.55. The monoisotopic (exact) mass is 243 g/mol. The molecule has 0 amide bonds. The van der Waals surface area contributed by atoms with Gasteiger partial charge in [0.15, 0.2) is 10.7 Å². The Labute approximate surface area is 102 Å². The number of hydrogen-bond acceptors (Lipinski definition) is 5. The molecule has 0 aliphatic heterocycles. The minimum absolute atomic E-state index is 0.709. The topological polar surface area (TPSA) is 51.8 Å². The van der Waals surface area contributed by atoms with Crippen LogP contribution >= 0.6 is 11.8 Å². The summed E-state index contributed by atoms with van der Waals surface area (Å²) in [6, 6.07) is 9.64. The van der Waals surface area contributed by atoms with Gasteiger partial charge in [0.05, 0.1) is 0 Å². The average molecular weight is 243 g/mol. The quantitative estimate of drug-likeness (QED) is 0.523. The lowest BCUT2D eigenvalue weighted by Crippen LogP contribution is -1.86. The van der Waals surface area contributed by atoms with E-state index in [1.54, 1.807) is 30.2 Å². The predicted octanol–water partition coefficient (Wildman–Crippen LogP) is 2.91. The van der Waals surface area contributed by atoms with Crippen molar-refractivity contribution < 1.29 is 4.52 Å². The van der Waals surface area contributed by atoms with E-state index in [1.807, 2.05) is 24.3 Å². The number of rotatable bonds is 3. The van der Waals surface area contributed by atoms with Crippen LogP contribution in [-0.2, 0) is 5.75 Å². The Bertz CT molecular complexity index is 624. The SMILES string of the molecule is c1cnc(SCc2noc3ccccc23)nc1. The molecule has 0 saturated heterocycles. The summed E-state index contributed by atoms with van der Waals surface area (Å²) in [5.41, 5.74) is 1.75. The van der Waals surface area contributed by atoms with Crippen molar-refractivity contribution in [3.63, 3.8) is 0 Å². The first-order valence-corrected chi connectivity index (χ1v) is 6.15. The standard InChI is InChI=1S/C12H9N3OS/c1-2-5-11-9(4-1)10(15-16-11)8-17-12-13-6-3-7-14-12/h1-7H,8H2. The summed E-state index contributed by atoms with van der Waals surface area (Å²) < 4.78 is 5.23. The maximum atomic E-state index is 5.23. The van der Waals surface area contributed by atoms with Gasteiger partial charge in [-0.05, 0) is 18.2 Å². The van der Waals surface area contributed by atoms with Gasteiger partial charge in [0.25, 0.3) is 0 Å². The Kier molecular flexibility index (Phi) is 2.75. The van der Waals surface area contributed by atoms with Gasteiger partial charge < -0.3 is 4.52 Å². The molecule has 0 bridgehead atoms. The number of fused-ring (bicyclic) bond motifs is 1. The molecule has 0 unspecified atom stereocenters. The first-order chi connectivity index (χ1) is 8.43. The van der Waals surface area contributed by atoms with Gasteiger partial charge >= 0.3 is 0 Å². The second kappa shape index (κ2) is 4.55. The van der Waals surface area contributed by atoms with E-state index in [9.17, 15) is 0 Å². The molecule has 0 fully saturated rings. The molecule has 1 aromatic carbocycles. The minimum Gasteiger partial charge on any atom is -0.356 e. The molecular formula is C12H9N3OS. The van der Waals surface area contributed by atoms with E-state index in [-0.39, 0.29) is 0 Å². The fourth-order valence-electron chi connectivity index (χ4n) is 1.54. The van der Waals surface area contributed by atoms with Gasteiger partial charge in [-0.2, -0.15) is 0 Å². The molecule has 0 N–H and O–H groups in total. The van der Waals surface area contributed by atoms with Crippen LogP contribution in [0.25, 0.3) is 11.0 Å². The summed E-state index contributed by atoms with van der Waals surface area (Å²) in [5.74, 6) is 0.709. The van der Waals surface area contributed by atoms with Crippen LogP contribution in [0.4, 0.5) is 0 Å². The number of nitrogens with zero attached hydrogens (tertiary/aromatic N) is 3. The van der Waals surface area contributed by atoms with Gasteiger partial charge in [0.1, 0.15) is 5.69 Å². The summed E-state index contributed by atoms with van der Waals surface area (Å²) in [6.45, 7) is 0. The van der Waals surface area contributed by atoms with Crippen LogP contribution in [0.5, 0.6) is 0 Å². The Morgan fingerprint density at radius 1 is 1.06 bits per heavy atom. The van der Waals surface area contributed by atoms with Crippen molar-refractivity contribution in [2.75, 3.05) is 0 Å². The van der Waals surface area contributed by atoms with Crippen molar-refractivity contribution in [3.8, 4) is 0 Å². The first-order valence-electron chi connectivity index (χ1n) is 5.16. The summed E-state index contributed by atoms with van der Waals surface area (Å²) in [6.07, 6.45) is 3.46. The zero-order valence-corrected chi connectivity index (χ0v) is 9.72. The molecule has 0 radical (unpaired) electrons. The highest BCUT2D eigenvalue weighted by molar-refractivity contribution is 7.98. The fraction of sp³-hybridized carbons (Fsp3) is 0.0833. The van der Waals surface area contributed by atoms with Crippen LogP contribution < -0.4 is 0 Å². The van der Waals surface area contributed by atoms with Crippen LogP contribution in [0.2, 0.25) is 0 Å². The smallest absolute Gasteiger partial charge is 0.187 e. The molecule has 0 atom stereocenters. The van der Waals surface area contributed by atoms with Gasteiger partial charge in [0.2, 0.25) is 0 Å². The Hall–Kier alpha value is -1.88. The van der Waals surface area contributed by atoms with Crippen molar-refractivity contribution in [2.24, 2.45) is 0 Å². The van der Waals surface area contributed by atoms with Crippen LogP contribution in [-0.4, -0.2) is 15.1 Å². The number of para-hydroxylation sites is 1. The third-order valence-electron chi connectivity index (χ3n) is 2.33. The predicted molar refractivity (Wildman–Crippen MR) is 65.6 cm³/mol. The lowest BCUT2D eigenvalue weighted by atomic mass is 10.2. The second-order valence-corrected chi connectivity index (χ2v) is 4.39. The van der Waals surface area contributed by atoms with Crippen LogP contribution in [0, 0.1) is 0 Å². The zero-order chi connectivity index (χ0) is 11.5. The van der Waals surface area contributed by atoms with Gasteiger partial charge in [-0.15, -0.1) is 0 Å². The molecule has 3 aromatic rings. The van der Waals surface area contributed by atoms with E-state index in [0.717, 1.165) is 21.8 Å². The molecule has 17 heavy (non-hydrogen) atoms. The number of benzene rings is 1. The first kappa shape index (κ1) is 10.3. The molecule has 5 heteroatoms. The molecule has 2 heterocycles. The van der Waals surface area contributed by atoms with Crippen molar-refractivity contribution in [1.82, 2.24) is 15.1 Å². The fourth-order valence-corrected chi connectivity index (χ4v) is 2.28. The molecule has 2 aromatic heterocycles. The van der Waals surface area contributed by atoms with Crippen molar-refractivity contribution in [3.05, 3.63) is 48.4 Å². The van der Waals surface area contributed by atoms with Crippen molar-refractivity contribution >= 4 is 22.7 Å². The summed E-state index contributed by atoms with van der Waals surface area (Å²) in [5, 5.41) is 5.86. The molecule has 84 valence electrons. The zero-order valence-electron chi connectivity index (χ0n) is 8.91. The van der Waals surface area contributed by atoms with Gasteiger partial charge in [0, 0.05) is 23.5 Å². The molecule has 0 saturated carbocycles. The lowest BCUT2D eigenvalue weighted by molar-refractivity contribution is 0.449. The van der Waals surface area contributed by atoms with Gasteiger partial charge in [-0.3, -0.25) is 0 Å². The molecular weight excluding hydrogens is 234 g/mol. The van der Waals surface area contributed by atoms with Crippen LogP contribution in [0.3, 0.4) is 0 Å². The van der Waals surface area contributed by atoms with E-state index in [0.29, 0.717) is 5.75 Å². The van der Waals surface area contributed by atoms with Crippen molar-refractivity contribution in [2.45, 2.75) is 10.9 Å². The minimum atomic E-state index is 0.709. The van der Waals surface area contributed by atoms with E-state index >= 15 is 0 Å². The molecule has 3 rings (SSSR count). The highest BCUT2D eigenvalue weighted by Gasteiger charge is 2.08. The number of hydrogen-bond donors (Lipinski definition) is 0. The Morgan fingerprint density at radius 2 is 1.88 bits per heavy atom. The highest BCUT2D eigenvalue weighted by Crippen LogP contribution is 2.24. The Balaban J connectivity index is 1.82. The van der Waals surface area contributed by atoms with E-state index < -0.39 is 0 Å². The lowest BCUT2D eigenvalue weighted by Gasteiger charge is -1.96. The number of aromatic nitrogens is 3. The third-order valence-corrected chi connectivity index (χ3v) is 3.22. The van der Waals surface area contributed by atoms with Gasteiger partial charge in [-0.25, -0.2) is 9.97 Å².